The third-order valence-electron chi connectivity index (χ3n) is 4.21. The highest BCUT2D eigenvalue weighted by molar-refractivity contribution is 5.73. The number of aryl methyl sites for hydroxylation is 1. The zero-order valence-corrected chi connectivity index (χ0v) is 14.4. The van der Waals surface area contributed by atoms with Crippen LogP contribution in [-0.2, 0) is 19.4 Å². The quantitative estimate of drug-likeness (QED) is 0.671. The number of rotatable bonds is 8. The van der Waals surface area contributed by atoms with Gasteiger partial charge in [0.05, 0.1) is 5.60 Å². The van der Waals surface area contributed by atoms with E-state index in [1.165, 1.54) is 0 Å². The lowest BCUT2D eigenvalue weighted by atomic mass is 9.95. The summed E-state index contributed by atoms with van der Waals surface area (Å²) in [4.78, 5) is 11.8. The number of hydrogen-bond donors (Lipinski definition) is 3. The molecule has 1 aromatic heterocycles. The molecule has 2 rings (SSSR count). The van der Waals surface area contributed by atoms with Gasteiger partial charge >= 0.3 is 6.03 Å². The van der Waals surface area contributed by atoms with Gasteiger partial charge in [0, 0.05) is 32.5 Å². The summed E-state index contributed by atoms with van der Waals surface area (Å²) in [5.41, 5.74) is -0.866. The Morgan fingerprint density at radius 1 is 1.39 bits per heavy atom. The monoisotopic (exact) mass is 323 g/mol. The minimum Gasteiger partial charge on any atom is -0.388 e. The Bertz CT molecular complexity index is 525. The molecule has 0 bridgehead atoms. The predicted octanol–water partition coefficient (Wildman–Crippen LogP) is 1.25. The number of nitrogens with zero attached hydrogens (tertiary/aromatic N) is 3. The van der Waals surface area contributed by atoms with Crippen LogP contribution in [0.3, 0.4) is 0 Å². The number of fused-ring (bicyclic) bond motifs is 1. The first-order valence-corrected chi connectivity index (χ1v) is 8.52. The molecule has 7 heteroatoms. The maximum atomic E-state index is 11.8. The molecule has 23 heavy (non-hydrogen) atoms. The Morgan fingerprint density at radius 3 is 2.91 bits per heavy atom. The fourth-order valence-electron chi connectivity index (χ4n) is 2.70. The summed E-state index contributed by atoms with van der Waals surface area (Å²) in [7, 11) is 0. The molecule has 0 spiro atoms. The van der Waals surface area contributed by atoms with E-state index in [-0.39, 0.29) is 12.6 Å². The lowest BCUT2D eigenvalue weighted by Gasteiger charge is -2.24. The molecule has 7 nitrogen and oxygen atoms in total. The molecule has 0 saturated heterocycles. The molecular formula is C16H29N5O2. The molecule has 1 atom stereocenters. The summed E-state index contributed by atoms with van der Waals surface area (Å²) < 4.78 is 2.14. The second-order valence-electron chi connectivity index (χ2n) is 7.08. The van der Waals surface area contributed by atoms with Crippen LogP contribution < -0.4 is 10.6 Å². The molecule has 1 aromatic rings. The summed E-state index contributed by atoms with van der Waals surface area (Å²) in [5.74, 6) is 2.52. The normalized spacial score (nSPS) is 16.2. The molecule has 1 unspecified atom stereocenters. The Labute approximate surface area is 137 Å². The zero-order chi connectivity index (χ0) is 16.9. The van der Waals surface area contributed by atoms with Gasteiger partial charge in [0.1, 0.15) is 11.6 Å². The molecule has 0 fully saturated rings. The molecule has 1 aliphatic heterocycles. The standard InChI is InChI=1S/C16H29N5O2/c1-12(2)6-8-16(3,23)11-18-15(22)17-9-7-14-20-19-13-5-4-10-21(13)14/h12,23H,4-11H2,1-3H3,(H2,17,18,22). The van der Waals surface area contributed by atoms with Gasteiger partial charge in [-0.25, -0.2) is 4.79 Å². The molecule has 2 amide bonds. The van der Waals surface area contributed by atoms with Crippen LogP contribution in [0, 0.1) is 5.92 Å². The van der Waals surface area contributed by atoms with Gasteiger partial charge in [0.15, 0.2) is 0 Å². The molecule has 0 aromatic carbocycles. The van der Waals surface area contributed by atoms with Crippen molar-refractivity contribution in [2.75, 3.05) is 13.1 Å². The molecule has 3 N–H and O–H groups in total. The summed E-state index contributed by atoms with van der Waals surface area (Å²) in [6.45, 7) is 7.75. The summed E-state index contributed by atoms with van der Waals surface area (Å²) in [6.07, 6.45) is 4.40. The Morgan fingerprint density at radius 2 is 2.17 bits per heavy atom. The van der Waals surface area contributed by atoms with Gasteiger partial charge in [0.25, 0.3) is 0 Å². The number of nitrogens with one attached hydrogen (secondary N) is 2. The smallest absolute Gasteiger partial charge is 0.314 e. The van der Waals surface area contributed by atoms with Crippen molar-refractivity contribution in [3.05, 3.63) is 11.6 Å². The van der Waals surface area contributed by atoms with Gasteiger partial charge in [-0.2, -0.15) is 0 Å². The number of hydrogen-bond acceptors (Lipinski definition) is 4. The van der Waals surface area contributed by atoms with Crippen LogP contribution in [0.1, 0.15) is 51.7 Å². The van der Waals surface area contributed by atoms with E-state index >= 15 is 0 Å². The number of carbonyl (C=O) groups is 1. The van der Waals surface area contributed by atoms with Crippen LogP contribution in [0.25, 0.3) is 0 Å². The molecular weight excluding hydrogens is 294 g/mol. The Kier molecular flexibility index (Phi) is 5.98. The van der Waals surface area contributed by atoms with Crippen molar-refractivity contribution in [1.82, 2.24) is 25.4 Å². The predicted molar refractivity (Wildman–Crippen MR) is 88.1 cm³/mol. The third kappa shape index (κ3) is 5.49. The molecule has 1 aliphatic rings. The van der Waals surface area contributed by atoms with Crippen LogP contribution in [0.2, 0.25) is 0 Å². The Balaban J connectivity index is 1.65. The maximum absolute atomic E-state index is 11.8. The van der Waals surface area contributed by atoms with E-state index in [0.29, 0.717) is 25.3 Å². The highest BCUT2D eigenvalue weighted by Crippen LogP contribution is 2.15. The van der Waals surface area contributed by atoms with E-state index in [1.54, 1.807) is 6.92 Å². The maximum Gasteiger partial charge on any atom is 0.314 e. The zero-order valence-electron chi connectivity index (χ0n) is 14.4. The minimum atomic E-state index is -0.866. The van der Waals surface area contributed by atoms with Crippen molar-refractivity contribution in [2.45, 2.75) is 65.0 Å². The molecule has 0 radical (unpaired) electrons. The second-order valence-corrected chi connectivity index (χ2v) is 7.08. The van der Waals surface area contributed by atoms with Crippen molar-refractivity contribution in [2.24, 2.45) is 5.92 Å². The highest BCUT2D eigenvalue weighted by atomic mass is 16.3. The van der Waals surface area contributed by atoms with E-state index in [9.17, 15) is 9.90 Å². The van der Waals surface area contributed by atoms with Gasteiger partial charge in [-0.15, -0.1) is 10.2 Å². The number of urea groups is 1. The van der Waals surface area contributed by atoms with Crippen LogP contribution >= 0.6 is 0 Å². The number of carbonyl (C=O) groups excluding carboxylic acids is 1. The van der Waals surface area contributed by atoms with Crippen LogP contribution in [0.5, 0.6) is 0 Å². The largest absolute Gasteiger partial charge is 0.388 e. The topological polar surface area (TPSA) is 92.1 Å². The number of aromatic nitrogens is 3. The number of amides is 2. The van der Waals surface area contributed by atoms with E-state index < -0.39 is 5.60 Å². The van der Waals surface area contributed by atoms with E-state index in [1.807, 2.05) is 0 Å². The van der Waals surface area contributed by atoms with Crippen molar-refractivity contribution >= 4 is 6.03 Å². The number of aliphatic hydroxyl groups is 1. The van der Waals surface area contributed by atoms with Gasteiger partial charge in [-0.1, -0.05) is 13.8 Å². The van der Waals surface area contributed by atoms with Crippen molar-refractivity contribution in [3.8, 4) is 0 Å². The van der Waals surface area contributed by atoms with Crippen molar-refractivity contribution < 1.29 is 9.90 Å². The first-order valence-electron chi connectivity index (χ1n) is 8.52. The van der Waals surface area contributed by atoms with E-state index in [0.717, 1.165) is 37.5 Å². The van der Waals surface area contributed by atoms with Crippen LogP contribution in [0.15, 0.2) is 0 Å². The fourth-order valence-corrected chi connectivity index (χ4v) is 2.70. The lowest BCUT2D eigenvalue weighted by molar-refractivity contribution is 0.0477. The average Bonchev–Trinajstić information content (AvgIpc) is 3.08. The summed E-state index contributed by atoms with van der Waals surface area (Å²) >= 11 is 0. The van der Waals surface area contributed by atoms with Gasteiger partial charge in [-0.05, 0) is 32.1 Å². The molecule has 130 valence electrons. The summed E-state index contributed by atoms with van der Waals surface area (Å²) in [5, 5.41) is 24.1. The van der Waals surface area contributed by atoms with Crippen molar-refractivity contribution in [3.63, 3.8) is 0 Å². The average molecular weight is 323 g/mol. The molecule has 2 heterocycles. The fraction of sp³-hybridized carbons (Fsp3) is 0.812. The third-order valence-corrected chi connectivity index (χ3v) is 4.21. The molecule has 0 aliphatic carbocycles. The SMILES string of the molecule is CC(C)CCC(C)(O)CNC(=O)NCCc1nnc2n1CCC2. The van der Waals surface area contributed by atoms with Crippen LogP contribution in [0.4, 0.5) is 4.79 Å². The minimum absolute atomic E-state index is 0.254. The van der Waals surface area contributed by atoms with E-state index in [4.69, 9.17) is 0 Å². The lowest BCUT2D eigenvalue weighted by Crippen LogP contribution is -2.45. The van der Waals surface area contributed by atoms with E-state index in [2.05, 4.69) is 39.2 Å². The second kappa shape index (κ2) is 7.77. The Hall–Kier alpha value is -1.63. The first-order chi connectivity index (χ1) is 10.9. The summed E-state index contributed by atoms with van der Waals surface area (Å²) in [6, 6.07) is -0.254. The van der Waals surface area contributed by atoms with Crippen molar-refractivity contribution in [1.29, 1.82) is 0 Å². The molecule has 0 saturated carbocycles. The highest BCUT2D eigenvalue weighted by Gasteiger charge is 2.21. The van der Waals surface area contributed by atoms with Gasteiger partial charge < -0.3 is 20.3 Å². The first kappa shape index (κ1) is 17.7. The van der Waals surface area contributed by atoms with Gasteiger partial charge in [-0.3, -0.25) is 0 Å². The van der Waals surface area contributed by atoms with Gasteiger partial charge in [0.2, 0.25) is 0 Å². The van der Waals surface area contributed by atoms with Crippen LogP contribution in [-0.4, -0.2) is 44.6 Å².